The Morgan fingerprint density at radius 1 is 1.00 bits per heavy atom. The molecule has 1 aromatic rings. The standard InChI is InChI=1S/C19H32N2O2/c1-2-3-4-5-6-7-8-9-10-11-18(21-23)17-13-12-16(15-20)14-19(17)22/h12-14,22-23H,2-11,15,20H2,1H3. The van der Waals surface area contributed by atoms with Crippen molar-refractivity contribution in [3.8, 4) is 5.75 Å². The van der Waals surface area contributed by atoms with E-state index in [9.17, 15) is 10.3 Å². The first kappa shape index (κ1) is 19.5. The lowest BCUT2D eigenvalue weighted by molar-refractivity contribution is 0.317. The molecule has 0 saturated carbocycles. The summed E-state index contributed by atoms with van der Waals surface area (Å²) < 4.78 is 0. The third-order valence-electron chi connectivity index (χ3n) is 4.25. The Bertz CT molecular complexity index is 472. The molecule has 23 heavy (non-hydrogen) atoms. The van der Waals surface area contributed by atoms with Gasteiger partial charge in [-0.05, 0) is 30.5 Å². The van der Waals surface area contributed by atoms with E-state index in [-0.39, 0.29) is 5.75 Å². The van der Waals surface area contributed by atoms with Gasteiger partial charge in [0, 0.05) is 12.1 Å². The van der Waals surface area contributed by atoms with Crippen LogP contribution in [0.5, 0.6) is 5.75 Å². The van der Waals surface area contributed by atoms with Gasteiger partial charge in [0.15, 0.2) is 0 Å². The van der Waals surface area contributed by atoms with Crippen molar-refractivity contribution in [3.05, 3.63) is 29.3 Å². The summed E-state index contributed by atoms with van der Waals surface area (Å²) in [4.78, 5) is 0. The lowest BCUT2D eigenvalue weighted by atomic mass is 10.00. The Balaban J connectivity index is 2.27. The Hall–Kier alpha value is -1.55. The van der Waals surface area contributed by atoms with Crippen molar-refractivity contribution in [2.24, 2.45) is 10.9 Å². The average Bonchev–Trinajstić information content (AvgIpc) is 2.57. The van der Waals surface area contributed by atoms with Gasteiger partial charge < -0.3 is 16.0 Å². The third kappa shape index (κ3) is 7.51. The van der Waals surface area contributed by atoms with Crippen LogP contribution in [0.4, 0.5) is 0 Å². The van der Waals surface area contributed by atoms with E-state index in [1.54, 1.807) is 12.1 Å². The smallest absolute Gasteiger partial charge is 0.125 e. The van der Waals surface area contributed by atoms with Crippen molar-refractivity contribution in [2.75, 3.05) is 0 Å². The summed E-state index contributed by atoms with van der Waals surface area (Å²) in [5, 5.41) is 22.6. The summed E-state index contributed by atoms with van der Waals surface area (Å²) in [6.07, 6.45) is 12.0. The van der Waals surface area contributed by atoms with E-state index in [0.29, 0.717) is 24.2 Å². The highest BCUT2D eigenvalue weighted by atomic mass is 16.4. The summed E-state index contributed by atoms with van der Waals surface area (Å²) in [5.41, 5.74) is 7.57. The SMILES string of the molecule is CCCCCCCCCCCC(=NO)c1ccc(CN)cc1O. The maximum atomic E-state index is 10.0. The molecule has 0 radical (unpaired) electrons. The summed E-state index contributed by atoms with van der Waals surface area (Å²) >= 11 is 0. The molecule has 0 aromatic heterocycles. The molecule has 0 bridgehead atoms. The van der Waals surface area contributed by atoms with Gasteiger partial charge in [-0.15, -0.1) is 0 Å². The maximum Gasteiger partial charge on any atom is 0.125 e. The second-order valence-corrected chi connectivity index (χ2v) is 6.18. The van der Waals surface area contributed by atoms with Crippen LogP contribution in [0, 0.1) is 0 Å². The number of nitrogens with zero attached hydrogens (tertiary/aromatic N) is 1. The molecule has 4 N–H and O–H groups in total. The van der Waals surface area contributed by atoms with Gasteiger partial charge in [-0.3, -0.25) is 0 Å². The van der Waals surface area contributed by atoms with Crippen molar-refractivity contribution in [3.63, 3.8) is 0 Å². The van der Waals surface area contributed by atoms with E-state index >= 15 is 0 Å². The Morgan fingerprint density at radius 2 is 1.61 bits per heavy atom. The van der Waals surface area contributed by atoms with E-state index < -0.39 is 0 Å². The number of unbranched alkanes of at least 4 members (excludes halogenated alkanes) is 8. The molecule has 0 unspecified atom stereocenters. The van der Waals surface area contributed by atoms with Crippen LogP contribution in [0.2, 0.25) is 0 Å². The highest BCUT2D eigenvalue weighted by Gasteiger charge is 2.10. The van der Waals surface area contributed by atoms with Crippen LogP contribution in [-0.4, -0.2) is 16.0 Å². The molecule has 0 fully saturated rings. The number of phenolic OH excluding ortho intramolecular Hbond substituents is 1. The van der Waals surface area contributed by atoms with Crippen molar-refractivity contribution >= 4 is 5.71 Å². The molecule has 4 nitrogen and oxygen atoms in total. The minimum atomic E-state index is 0.136. The zero-order valence-electron chi connectivity index (χ0n) is 14.4. The van der Waals surface area contributed by atoms with Crippen molar-refractivity contribution in [1.82, 2.24) is 0 Å². The number of hydrogen-bond acceptors (Lipinski definition) is 4. The van der Waals surface area contributed by atoms with E-state index in [2.05, 4.69) is 12.1 Å². The summed E-state index contributed by atoms with van der Waals surface area (Å²) in [6, 6.07) is 5.27. The minimum Gasteiger partial charge on any atom is -0.507 e. The van der Waals surface area contributed by atoms with Gasteiger partial charge >= 0.3 is 0 Å². The van der Waals surface area contributed by atoms with Crippen LogP contribution >= 0.6 is 0 Å². The van der Waals surface area contributed by atoms with Crippen molar-refractivity contribution < 1.29 is 10.3 Å². The highest BCUT2D eigenvalue weighted by molar-refractivity contribution is 6.02. The van der Waals surface area contributed by atoms with Crippen LogP contribution in [0.15, 0.2) is 23.4 Å². The second kappa shape index (κ2) is 11.9. The quantitative estimate of drug-likeness (QED) is 0.221. The molecule has 0 aliphatic carbocycles. The van der Waals surface area contributed by atoms with Crippen LogP contribution < -0.4 is 5.73 Å². The molecule has 0 aliphatic rings. The van der Waals surface area contributed by atoms with Crippen LogP contribution in [0.25, 0.3) is 0 Å². The number of rotatable bonds is 12. The lowest BCUT2D eigenvalue weighted by Gasteiger charge is -2.08. The number of aromatic hydroxyl groups is 1. The van der Waals surface area contributed by atoms with Gasteiger partial charge in [0.1, 0.15) is 5.75 Å². The Morgan fingerprint density at radius 3 is 2.13 bits per heavy atom. The monoisotopic (exact) mass is 320 g/mol. The molecule has 0 aliphatic heterocycles. The maximum absolute atomic E-state index is 10.0. The van der Waals surface area contributed by atoms with Crippen LogP contribution in [0.1, 0.15) is 82.3 Å². The van der Waals surface area contributed by atoms with Gasteiger partial charge in [-0.1, -0.05) is 69.5 Å². The fourth-order valence-corrected chi connectivity index (χ4v) is 2.79. The predicted octanol–water partition coefficient (Wildman–Crippen LogP) is 4.95. The highest BCUT2D eigenvalue weighted by Crippen LogP contribution is 2.22. The van der Waals surface area contributed by atoms with Crippen molar-refractivity contribution in [2.45, 2.75) is 77.7 Å². The van der Waals surface area contributed by atoms with E-state index in [0.717, 1.165) is 18.4 Å². The first-order valence-corrected chi connectivity index (χ1v) is 8.96. The fourth-order valence-electron chi connectivity index (χ4n) is 2.79. The molecular weight excluding hydrogens is 288 g/mol. The number of hydrogen-bond donors (Lipinski definition) is 3. The first-order valence-electron chi connectivity index (χ1n) is 8.96. The largest absolute Gasteiger partial charge is 0.507 e. The first-order chi connectivity index (χ1) is 11.2. The third-order valence-corrected chi connectivity index (χ3v) is 4.25. The zero-order valence-corrected chi connectivity index (χ0v) is 14.4. The fraction of sp³-hybridized carbons (Fsp3) is 0.632. The van der Waals surface area contributed by atoms with Crippen LogP contribution in [-0.2, 0) is 6.54 Å². The van der Waals surface area contributed by atoms with Gasteiger partial charge in [0.25, 0.3) is 0 Å². The summed E-state index contributed by atoms with van der Waals surface area (Å²) in [7, 11) is 0. The average molecular weight is 320 g/mol. The lowest BCUT2D eigenvalue weighted by Crippen LogP contribution is -2.03. The molecule has 0 saturated heterocycles. The molecule has 4 heteroatoms. The van der Waals surface area contributed by atoms with E-state index in [4.69, 9.17) is 5.73 Å². The van der Waals surface area contributed by atoms with Gasteiger partial charge in [0.05, 0.1) is 5.71 Å². The molecule has 0 atom stereocenters. The summed E-state index contributed by atoms with van der Waals surface area (Å²) in [6.45, 7) is 2.62. The second-order valence-electron chi connectivity index (χ2n) is 6.18. The van der Waals surface area contributed by atoms with Crippen LogP contribution in [0.3, 0.4) is 0 Å². The van der Waals surface area contributed by atoms with Crippen molar-refractivity contribution in [1.29, 1.82) is 0 Å². The zero-order chi connectivity index (χ0) is 16.9. The number of benzene rings is 1. The molecule has 0 spiro atoms. The molecular formula is C19H32N2O2. The molecule has 1 aromatic carbocycles. The molecule has 0 heterocycles. The van der Waals surface area contributed by atoms with E-state index in [1.807, 2.05) is 6.07 Å². The summed E-state index contributed by atoms with van der Waals surface area (Å²) in [5.74, 6) is 0.136. The number of phenols is 1. The van der Waals surface area contributed by atoms with E-state index in [1.165, 1.54) is 44.9 Å². The normalized spacial score (nSPS) is 11.8. The number of oxime groups is 1. The number of nitrogens with two attached hydrogens (primary N) is 1. The van der Waals surface area contributed by atoms with Gasteiger partial charge in [0.2, 0.25) is 0 Å². The molecule has 0 amide bonds. The van der Waals surface area contributed by atoms with Gasteiger partial charge in [-0.2, -0.15) is 0 Å². The molecule has 1 rings (SSSR count). The predicted molar refractivity (Wildman–Crippen MR) is 96.2 cm³/mol. The Labute approximate surface area is 140 Å². The Kier molecular flexibility index (Phi) is 10.1. The molecule has 130 valence electrons. The minimum absolute atomic E-state index is 0.136. The topological polar surface area (TPSA) is 78.8 Å². The van der Waals surface area contributed by atoms with Gasteiger partial charge in [-0.25, -0.2) is 0 Å².